The normalized spacial score (nSPS) is 12.3. The molecule has 1 aromatic carbocycles. The van der Waals surface area contributed by atoms with Gasteiger partial charge in [0.15, 0.2) is 0 Å². The molecule has 0 saturated carbocycles. The van der Waals surface area contributed by atoms with Crippen molar-refractivity contribution >= 4 is 11.3 Å². The van der Waals surface area contributed by atoms with E-state index in [0.717, 1.165) is 29.8 Å². The van der Waals surface area contributed by atoms with E-state index in [1.807, 2.05) is 35.2 Å². The molecule has 2 rings (SSSR count). The van der Waals surface area contributed by atoms with Gasteiger partial charge in [-0.05, 0) is 30.4 Å². The fourth-order valence-corrected chi connectivity index (χ4v) is 2.59. The summed E-state index contributed by atoms with van der Waals surface area (Å²) in [5, 5.41) is 11.5. The lowest BCUT2D eigenvalue weighted by atomic mass is 9.95. The number of rotatable bonds is 6. The molecule has 2 aromatic rings. The lowest BCUT2D eigenvalue weighted by molar-refractivity contribution is 0.223. The molecule has 1 aromatic heterocycles. The largest absolute Gasteiger partial charge is 0.496 e. The number of aliphatic hydroxyl groups is 1. The third-order valence-corrected chi connectivity index (χ3v) is 3.58. The molecule has 3 nitrogen and oxygen atoms in total. The second-order valence-electron chi connectivity index (χ2n) is 4.25. The van der Waals surface area contributed by atoms with E-state index in [4.69, 9.17) is 4.74 Å². The minimum atomic E-state index is 0.162. The molecule has 1 heterocycles. The van der Waals surface area contributed by atoms with E-state index in [9.17, 15) is 5.11 Å². The molecule has 1 atom stereocenters. The van der Waals surface area contributed by atoms with Crippen molar-refractivity contribution in [2.24, 2.45) is 5.92 Å². The predicted molar refractivity (Wildman–Crippen MR) is 73.1 cm³/mol. The molecule has 4 heteroatoms. The molecule has 0 fully saturated rings. The molecule has 0 saturated heterocycles. The van der Waals surface area contributed by atoms with Crippen LogP contribution >= 0.6 is 11.3 Å². The van der Waals surface area contributed by atoms with Gasteiger partial charge in [0.05, 0.1) is 18.3 Å². The Morgan fingerprint density at radius 2 is 2.17 bits per heavy atom. The van der Waals surface area contributed by atoms with Gasteiger partial charge in [0.2, 0.25) is 0 Å². The third-order valence-electron chi connectivity index (χ3n) is 2.94. The molecule has 0 bridgehead atoms. The molecule has 1 N–H and O–H groups in total. The van der Waals surface area contributed by atoms with Crippen LogP contribution in [0.5, 0.6) is 5.75 Å². The van der Waals surface area contributed by atoms with Crippen LogP contribution < -0.4 is 4.74 Å². The summed E-state index contributed by atoms with van der Waals surface area (Å²) in [7, 11) is 1.67. The summed E-state index contributed by atoms with van der Waals surface area (Å²) >= 11 is 1.59. The Morgan fingerprint density at radius 3 is 2.83 bits per heavy atom. The van der Waals surface area contributed by atoms with Crippen LogP contribution in [0.1, 0.15) is 11.3 Å². The van der Waals surface area contributed by atoms with Crippen LogP contribution in [0.3, 0.4) is 0 Å². The van der Waals surface area contributed by atoms with Gasteiger partial charge in [-0.2, -0.15) is 0 Å². The van der Waals surface area contributed by atoms with E-state index in [1.165, 1.54) is 0 Å². The van der Waals surface area contributed by atoms with Crippen molar-refractivity contribution in [3.05, 3.63) is 46.4 Å². The number of benzene rings is 1. The SMILES string of the molecule is COc1ccccc1CC(CO)Cc1cscn1. The maximum absolute atomic E-state index is 9.48. The average molecular weight is 263 g/mol. The topological polar surface area (TPSA) is 42.4 Å². The second kappa shape index (κ2) is 6.52. The van der Waals surface area contributed by atoms with E-state index in [-0.39, 0.29) is 12.5 Å². The van der Waals surface area contributed by atoms with Crippen molar-refractivity contribution in [3.63, 3.8) is 0 Å². The van der Waals surface area contributed by atoms with Crippen LogP contribution in [0.15, 0.2) is 35.2 Å². The van der Waals surface area contributed by atoms with E-state index in [0.29, 0.717) is 0 Å². The second-order valence-corrected chi connectivity index (χ2v) is 4.97. The van der Waals surface area contributed by atoms with Crippen molar-refractivity contribution < 1.29 is 9.84 Å². The number of nitrogens with zero attached hydrogens (tertiary/aromatic N) is 1. The highest BCUT2D eigenvalue weighted by atomic mass is 32.1. The minimum absolute atomic E-state index is 0.162. The fraction of sp³-hybridized carbons (Fsp3) is 0.357. The molecule has 96 valence electrons. The quantitative estimate of drug-likeness (QED) is 0.871. The van der Waals surface area contributed by atoms with E-state index < -0.39 is 0 Å². The van der Waals surface area contributed by atoms with Gasteiger partial charge in [0.25, 0.3) is 0 Å². The first-order valence-electron chi connectivity index (χ1n) is 5.93. The predicted octanol–water partition coefficient (Wildman–Crippen LogP) is 2.55. The molecule has 0 aliphatic heterocycles. The fourth-order valence-electron chi connectivity index (χ4n) is 2.02. The maximum Gasteiger partial charge on any atom is 0.122 e. The summed E-state index contributed by atoms with van der Waals surface area (Å²) in [5.74, 6) is 1.07. The van der Waals surface area contributed by atoms with Gasteiger partial charge < -0.3 is 9.84 Å². The highest BCUT2D eigenvalue weighted by molar-refractivity contribution is 7.07. The van der Waals surface area contributed by atoms with Gasteiger partial charge >= 0.3 is 0 Å². The Bertz CT molecular complexity index is 470. The Morgan fingerprint density at radius 1 is 1.33 bits per heavy atom. The average Bonchev–Trinajstić information content (AvgIpc) is 2.91. The van der Waals surface area contributed by atoms with Gasteiger partial charge in [-0.1, -0.05) is 18.2 Å². The zero-order valence-electron chi connectivity index (χ0n) is 10.4. The summed E-state index contributed by atoms with van der Waals surface area (Å²) in [6, 6.07) is 7.95. The van der Waals surface area contributed by atoms with Crippen molar-refractivity contribution in [3.8, 4) is 5.75 Å². The van der Waals surface area contributed by atoms with E-state index >= 15 is 0 Å². The summed E-state index contributed by atoms with van der Waals surface area (Å²) in [5.41, 5.74) is 4.01. The van der Waals surface area contributed by atoms with Crippen molar-refractivity contribution in [1.82, 2.24) is 4.98 Å². The van der Waals surface area contributed by atoms with Crippen LogP contribution in [0.4, 0.5) is 0 Å². The maximum atomic E-state index is 9.48. The monoisotopic (exact) mass is 263 g/mol. The molecular weight excluding hydrogens is 246 g/mol. The lowest BCUT2D eigenvalue weighted by Crippen LogP contribution is -2.13. The van der Waals surface area contributed by atoms with Crippen LogP contribution in [0.2, 0.25) is 0 Å². The molecule has 0 radical (unpaired) electrons. The number of hydrogen-bond acceptors (Lipinski definition) is 4. The smallest absolute Gasteiger partial charge is 0.122 e. The van der Waals surface area contributed by atoms with Gasteiger partial charge in [0, 0.05) is 12.0 Å². The minimum Gasteiger partial charge on any atom is -0.496 e. The van der Waals surface area contributed by atoms with Crippen molar-refractivity contribution in [2.45, 2.75) is 12.8 Å². The standard InChI is InChI=1S/C14H17NO2S/c1-17-14-5-3-2-4-12(14)6-11(8-16)7-13-9-18-10-15-13/h2-5,9-11,16H,6-8H2,1H3. The molecule has 1 unspecified atom stereocenters. The number of thiazole rings is 1. The Balaban J connectivity index is 2.05. The first-order chi connectivity index (χ1) is 8.83. The molecular formula is C14H17NO2S. The molecule has 0 aliphatic rings. The first-order valence-corrected chi connectivity index (χ1v) is 6.87. The van der Waals surface area contributed by atoms with Crippen molar-refractivity contribution in [2.75, 3.05) is 13.7 Å². The van der Waals surface area contributed by atoms with Gasteiger partial charge in [-0.25, -0.2) is 4.98 Å². The number of aliphatic hydroxyl groups excluding tert-OH is 1. The van der Waals surface area contributed by atoms with Gasteiger partial charge in [0.1, 0.15) is 5.75 Å². The summed E-state index contributed by atoms with van der Waals surface area (Å²) in [6.07, 6.45) is 1.61. The highest BCUT2D eigenvalue weighted by Gasteiger charge is 2.13. The zero-order chi connectivity index (χ0) is 12.8. The zero-order valence-corrected chi connectivity index (χ0v) is 11.2. The number of ether oxygens (including phenoxy) is 1. The van der Waals surface area contributed by atoms with Gasteiger partial charge in [-0.3, -0.25) is 0 Å². The highest BCUT2D eigenvalue weighted by Crippen LogP contribution is 2.22. The van der Waals surface area contributed by atoms with Crippen LogP contribution in [-0.4, -0.2) is 23.8 Å². The molecule has 18 heavy (non-hydrogen) atoms. The van der Waals surface area contributed by atoms with Crippen molar-refractivity contribution in [1.29, 1.82) is 0 Å². The Hall–Kier alpha value is -1.39. The van der Waals surface area contributed by atoms with Crippen LogP contribution in [0.25, 0.3) is 0 Å². The van der Waals surface area contributed by atoms with Crippen LogP contribution in [-0.2, 0) is 12.8 Å². The Kier molecular flexibility index (Phi) is 4.73. The Labute approximate surface area is 111 Å². The molecule has 0 aliphatic carbocycles. The summed E-state index contributed by atoms with van der Waals surface area (Å²) < 4.78 is 5.33. The van der Waals surface area contributed by atoms with Crippen LogP contribution in [0, 0.1) is 5.92 Å². The summed E-state index contributed by atoms with van der Waals surface area (Å²) in [4.78, 5) is 4.26. The first kappa shape index (κ1) is 13.1. The van der Waals surface area contributed by atoms with E-state index in [2.05, 4.69) is 4.98 Å². The molecule has 0 amide bonds. The number of methoxy groups -OCH3 is 1. The van der Waals surface area contributed by atoms with Gasteiger partial charge in [-0.15, -0.1) is 11.3 Å². The lowest BCUT2D eigenvalue weighted by Gasteiger charge is -2.15. The van der Waals surface area contributed by atoms with E-state index in [1.54, 1.807) is 18.4 Å². The third kappa shape index (κ3) is 3.31. The number of hydrogen-bond donors (Lipinski definition) is 1. The molecule has 0 spiro atoms. The number of aromatic nitrogens is 1. The summed E-state index contributed by atoms with van der Waals surface area (Å²) in [6.45, 7) is 0.162. The number of para-hydroxylation sites is 1.